The van der Waals surface area contributed by atoms with Gasteiger partial charge in [-0.15, -0.1) is 0 Å². The maximum absolute atomic E-state index is 12.6. The van der Waals surface area contributed by atoms with Crippen molar-refractivity contribution < 1.29 is 13.2 Å². The summed E-state index contributed by atoms with van der Waals surface area (Å²) in [6, 6.07) is 5.30. The van der Waals surface area contributed by atoms with Gasteiger partial charge in [-0.25, -0.2) is 4.98 Å². The average Bonchev–Trinajstić information content (AvgIpc) is 2.69. The molecule has 2 nitrogen and oxygen atoms in total. The minimum atomic E-state index is -4.37. The minimum Gasteiger partial charge on any atom is -0.297 e. The van der Waals surface area contributed by atoms with Crippen LogP contribution in [-0.4, -0.2) is 9.55 Å². The van der Waals surface area contributed by atoms with Crippen LogP contribution in [0.1, 0.15) is 5.56 Å². The van der Waals surface area contributed by atoms with E-state index in [4.69, 9.17) is 0 Å². The van der Waals surface area contributed by atoms with Crippen LogP contribution in [0.4, 0.5) is 13.2 Å². The van der Waals surface area contributed by atoms with Crippen molar-refractivity contribution in [2.24, 2.45) is 0 Å². The van der Waals surface area contributed by atoms with Crippen molar-refractivity contribution in [3.63, 3.8) is 0 Å². The molecule has 0 aliphatic rings. The van der Waals surface area contributed by atoms with Gasteiger partial charge in [0.15, 0.2) is 6.33 Å². The number of hydrogen-bond acceptors (Lipinski definition) is 1. The topological polar surface area (TPSA) is 17.8 Å². The fourth-order valence-electron chi connectivity index (χ4n) is 1.29. The summed E-state index contributed by atoms with van der Waals surface area (Å²) in [7, 11) is 0. The van der Waals surface area contributed by atoms with Crippen LogP contribution in [0.3, 0.4) is 0 Å². The highest BCUT2D eigenvalue weighted by Crippen LogP contribution is 2.33. The van der Waals surface area contributed by atoms with E-state index in [1.165, 1.54) is 29.1 Å². The Hall–Kier alpha value is -1.78. The van der Waals surface area contributed by atoms with E-state index in [1.807, 2.05) is 0 Å². The van der Waals surface area contributed by atoms with Gasteiger partial charge in [0, 0.05) is 12.4 Å². The second-order valence-electron chi connectivity index (χ2n) is 2.91. The van der Waals surface area contributed by atoms with Crippen LogP contribution in [0, 0.1) is 6.33 Å². The number of aromatic nitrogens is 2. The predicted molar refractivity (Wildman–Crippen MR) is 47.4 cm³/mol. The molecule has 2 rings (SSSR count). The number of imidazole rings is 1. The third kappa shape index (κ3) is 1.86. The molecule has 1 radical (unpaired) electrons. The van der Waals surface area contributed by atoms with Gasteiger partial charge >= 0.3 is 6.18 Å². The third-order valence-electron chi connectivity index (χ3n) is 1.92. The Balaban J connectivity index is 2.58. The fourth-order valence-corrected chi connectivity index (χ4v) is 1.29. The Kier molecular flexibility index (Phi) is 2.22. The largest absolute Gasteiger partial charge is 0.418 e. The highest BCUT2D eigenvalue weighted by Gasteiger charge is 2.33. The summed E-state index contributed by atoms with van der Waals surface area (Å²) >= 11 is 0. The average molecular weight is 211 g/mol. The molecule has 1 heterocycles. The first-order valence-corrected chi connectivity index (χ1v) is 4.16. The fraction of sp³-hybridized carbons (Fsp3) is 0.100. The number of halogens is 3. The van der Waals surface area contributed by atoms with Crippen LogP contribution < -0.4 is 0 Å². The van der Waals surface area contributed by atoms with Crippen molar-refractivity contribution in [1.29, 1.82) is 0 Å². The molecule has 5 heteroatoms. The van der Waals surface area contributed by atoms with E-state index in [1.54, 1.807) is 6.07 Å². The molecule has 0 aliphatic carbocycles. The van der Waals surface area contributed by atoms with Crippen LogP contribution in [0.2, 0.25) is 0 Å². The molecule has 0 N–H and O–H groups in total. The summed E-state index contributed by atoms with van der Waals surface area (Å²) in [5, 5.41) is 0. The van der Waals surface area contributed by atoms with Gasteiger partial charge in [-0.2, -0.15) is 13.2 Å². The van der Waals surface area contributed by atoms with Gasteiger partial charge in [-0.3, -0.25) is 4.57 Å². The molecule has 0 spiro atoms. The molecule has 0 unspecified atom stereocenters. The Bertz CT molecular complexity index is 446. The number of benzene rings is 1. The van der Waals surface area contributed by atoms with E-state index in [2.05, 4.69) is 11.3 Å². The summed E-state index contributed by atoms with van der Waals surface area (Å²) in [6.45, 7) is 0. The lowest BCUT2D eigenvalue weighted by atomic mass is 10.1. The molecule has 77 valence electrons. The molecular weight excluding hydrogens is 205 g/mol. The van der Waals surface area contributed by atoms with Gasteiger partial charge in [-0.05, 0) is 12.1 Å². The van der Waals surface area contributed by atoms with Crippen molar-refractivity contribution in [3.05, 3.63) is 48.5 Å². The second-order valence-corrected chi connectivity index (χ2v) is 2.91. The third-order valence-corrected chi connectivity index (χ3v) is 1.92. The molecule has 0 fully saturated rings. The lowest BCUT2D eigenvalue weighted by Crippen LogP contribution is -2.09. The zero-order valence-corrected chi connectivity index (χ0v) is 7.49. The summed E-state index contributed by atoms with van der Waals surface area (Å²) in [4.78, 5) is 3.59. The smallest absolute Gasteiger partial charge is 0.297 e. The minimum absolute atomic E-state index is 0.0301. The van der Waals surface area contributed by atoms with Crippen LogP contribution in [0.15, 0.2) is 36.7 Å². The van der Waals surface area contributed by atoms with Gasteiger partial charge in [0.05, 0.1) is 11.3 Å². The lowest BCUT2D eigenvalue weighted by molar-refractivity contribution is -0.137. The molecule has 0 amide bonds. The first kappa shape index (κ1) is 9.76. The molecule has 0 bridgehead atoms. The van der Waals surface area contributed by atoms with Crippen LogP contribution in [-0.2, 0) is 6.18 Å². The van der Waals surface area contributed by atoms with E-state index in [9.17, 15) is 13.2 Å². The predicted octanol–water partition coefficient (Wildman–Crippen LogP) is 2.69. The van der Waals surface area contributed by atoms with E-state index < -0.39 is 11.7 Å². The van der Waals surface area contributed by atoms with Crippen LogP contribution >= 0.6 is 0 Å². The molecule has 15 heavy (non-hydrogen) atoms. The van der Waals surface area contributed by atoms with Crippen molar-refractivity contribution >= 4 is 0 Å². The van der Waals surface area contributed by atoms with E-state index in [0.717, 1.165) is 6.07 Å². The highest BCUT2D eigenvalue weighted by molar-refractivity contribution is 5.42. The van der Waals surface area contributed by atoms with Gasteiger partial charge in [0.2, 0.25) is 0 Å². The Morgan fingerprint density at radius 3 is 2.53 bits per heavy atom. The number of nitrogens with zero attached hydrogens (tertiary/aromatic N) is 2. The van der Waals surface area contributed by atoms with Crippen LogP contribution in [0.5, 0.6) is 0 Å². The molecule has 0 aliphatic heterocycles. The maximum atomic E-state index is 12.6. The number of alkyl halides is 3. The molecule has 0 saturated heterocycles. The summed E-state index contributed by atoms with van der Waals surface area (Å²) in [5.74, 6) is 0. The normalized spacial score (nSPS) is 11.7. The summed E-state index contributed by atoms with van der Waals surface area (Å²) < 4.78 is 39.0. The SMILES string of the molecule is FC(F)(F)c1ccccc1-n1[c]ncc1. The monoisotopic (exact) mass is 211 g/mol. The van der Waals surface area contributed by atoms with Crippen molar-refractivity contribution in [3.8, 4) is 5.69 Å². The molecule has 2 aromatic rings. The van der Waals surface area contributed by atoms with Gasteiger partial charge < -0.3 is 0 Å². The maximum Gasteiger partial charge on any atom is 0.418 e. The van der Waals surface area contributed by atoms with E-state index >= 15 is 0 Å². The molecule has 0 atom stereocenters. The highest BCUT2D eigenvalue weighted by atomic mass is 19.4. The van der Waals surface area contributed by atoms with Crippen molar-refractivity contribution in [2.75, 3.05) is 0 Å². The lowest BCUT2D eigenvalue weighted by Gasteiger charge is -2.12. The molecule has 1 aromatic carbocycles. The van der Waals surface area contributed by atoms with E-state index in [0.29, 0.717) is 0 Å². The van der Waals surface area contributed by atoms with Crippen LogP contribution in [0.25, 0.3) is 5.69 Å². The van der Waals surface area contributed by atoms with Gasteiger partial charge in [0.1, 0.15) is 0 Å². The van der Waals surface area contributed by atoms with Crippen molar-refractivity contribution in [2.45, 2.75) is 6.18 Å². The molecule has 1 aromatic heterocycles. The van der Waals surface area contributed by atoms with E-state index in [-0.39, 0.29) is 5.69 Å². The Morgan fingerprint density at radius 1 is 1.20 bits per heavy atom. The number of rotatable bonds is 1. The Morgan fingerprint density at radius 2 is 1.93 bits per heavy atom. The van der Waals surface area contributed by atoms with Gasteiger partial charge in [-0.1, -0.05) is 12.1 Å². The summed E-state index contributed by atoms with van der Waals surface area (Å²) in [6.07, 6.45) is 0.870. The summed E-state index contributed by atoms with van der Waals surface area (Å²) in [5.41, 5.74) is -0.665. The molecular formula is C10H6F3N2. The first-order valence-electron chi connectivity index (χ1n) is 4.16. The first-order chi connectivity index (χ1) is 7.09. The zero-order valence-electron chi connectivity index (χ0n) is 7.49. The quantitative estimate of drug-likeness (QED) is 0.709. The second kappa shape index (κ2) is 3.42. The molecule has 0 saturated carbocycles. The number of hydrogen-bond donors (Lipinski definition) is 0. The Labute approximate surface area is 84.0 Å². The van der Waals surface area contributed by atoms with Gasteiger partial charge in [0.25, 0.3) is 0 Å². The number of para-hydroxylation sites is 1. The van der Waals surface area contributed by atoms with Crippen molar-refractivity contribution in [1.82, 2.24) is 9.55 Å². The zero-order chi connectivity index (χ0) is 10.9. The standard InChI is InChI=1S/C10H6F3N2/c11-10(12,13)8-3-1-2-4-9(8)15-6-5-14-7-15/h1-6H.